The van der Waals surface area contributed by atoms with E-state index in [2.05, 4.69) is 97.0 Å². The number of hydrogen-bond donors (Lipinski definition) is 0. The molecule has 0 fully saturated rings. The van der Waals surface area contributed by atoms with Gasteiger partial charge in [0, 0.05) is 22.0 Å². The molecule has 2 aromatic carbocycles. The fourth-order valence-electron chi connectivity index (χ4n) is 4.27. The Bertz CT molecular complexity index is 1180. The first-order valence-corrected chi connectivity index (χ1v) is 11.6. The van der Waals surface area contributed by atoms with Crippen LogP contribution in [0.4, 0.5) is 0 Å². The third-order valence-electron chi connectivity index (χ3n) is 5.73. The maximum absolute atomic E-state index is 4.82. The standard InChI is InChI=1S/C28H31NS/c1-17(2)24-23-12-13-29-25(21-15-18(3)14-19(4)16-21)27(23)30-26(24)20-8-10-22(11-9-20)28(5,6)7/h8-17H,1-7H3. The first kappa shape index (κ1) is 20.8. The minimum absolute atomic E-state index is 0.166. The van der Waals surface area contributed by atoms with Gasteiger partial charge in [0.05, 0.1) is 10.4 Å². The molecule has 1 nitrogen and oxygen atoms in total. The Balaban J connectivity index is 1.94. The molecule has 0 amide bonds. The van der Waals surface area contributed by atoms with Crippen LogP contribution >= 0.6 is 11.3 Å². The van der Waals surface area contributed by atoms with E-state index in [1.807, 2.05) is 17.5 Å². The van der Waals surface area contributed by atoms with Gasteiger partial charge in [0.15, 0.2) is 0 Å². The molecule has 0 aliphatic rings. The van der Waals surface area contributed by atoms with Crippen molar-refractivity contribution in [2.45, 2.75) is 59.8 Å². The molecule has 0 radical (unpaired) electrons. The van der Waals surface area contributed by atoms with Gasteiger partial charge in [-0.15, -0.1) is 11.3 Å². The van der Waals surface area contributed by atoms with Crippen molar-refractivity contribution in [3.8, 4) is 21.7 Å². The lowest BCUT2D eigenvalue weighted by atomic mass is 9.86. The molecular formula is C28H31NS. The summed E-state index contributed by atoms with van der Waals surface area (Å²) in [6, 6.07) is 18.1. The molecule has 0 saturated heterocycles. The fraction of sp³-hybridized carbons (Fsp3) is 0.321. The van der Waals surface area contributed by atoms with Crippen molar-refractivity contribution < 1.29 is 0 Å². The van der Waals surface area contributed by atoms with Gasteiger partial charge in [-0.25, -0.2) is 0 Å². The van der Waals surface area contributed by atoms with E-state index < -0.39 is 0 Å². The lowest BCUT2D eigenvalue weighted by Gasteiger charge is -2.19. The van der Waals surface area contributed by atoms with Crippen LogP contribution in [-0.4, -0.2) is 4.98 Å². The Morgan fingerprint density at radius 3 is 2.03 bits per heavy atom. The first-order valence-electron chi connectivity index (χ1n) is 10.8. The van der Waals surface area contributed by atoms with Crippen LogP contribution in [0.5, 0.6) is 0 Å². The van der Waals surface area contributed by atoms with Crippen molar-refractivity contribution in [3.63, 3.8) is 0 Å². The number of pyridine rings is 1. The molecule has 0 aliphatic carbocycles. The second-order valence-corrected chi connectivity index (χ2v) is 10.8. The van der Waals surface area contributed by atoms with E-state index in [0.29, 0.717) is 5.92 Å². The van der Waals surface area contributed by atoms with Crippen molar-refractivity contribution >= 4 is 21.4 Å². The summed E-state index contributed by atoms with van der Waals surface area (Å²) in [4.78, 5) is 6.20. The Kier molecular flexibility index (Phi) is 5.32. The minimum Gasteiger partial charge on any atom is -0.255 e. The Hall–Kier alpha value is -2.45. The number of hydrogen-bond acceptors (Lipinski definition) is 2. The van der Waals surface area contributed by atoms with Crippen LogP contribution in [0.3, 0.4) is 0 Å². The topological polar surface area (TPSA) is 12.9 Å². The summed E-state index contributed by atoms with van der Waals surface area (Å²) in [6.07, 6.45) is 1.97. The highest BCUT2D eigenvalue weighted by molar-refractivity contribution is 7.23. The summed E-state index contributed by atoms with van der Waals surface area (Å²) >= 11 is 1.89. The summed E-state index contributed by atoms with van der Waals surface area (Å²) in [7, 11) is 0. The molecule has 0 atom stereocenters. The normalized spacial score (nSPS) is 12.1. The summed E-state index contributed by atoms with van der Waals surface area (Å²) in [6.45, 7) is 15.7. The third-order valence-corrected chi connectivity index (χ3v) is 7.01. The van der Waals surface area contributed by atoms with Gasteiger partial charge in [0.25, 0.3) is 0 Å². The molecule has 0 saturated carbocycles. The van der Waals surface area contributed by atoms with E-state index in [0.717, 1.165) is 5.69 Å². The SMILES string of the molecule is Cc1cc(C)cc(-c2nccc3c(C(C)C)c(-c4ccc(C(C)(C)C)cc4)sc23)c1. The van der Waals surface area contributed by atoms with E-state index in [1.165, 1.54) is 48.3 Å². The Morgan fingerprint density at radius 1 is 0.833 bits per heavy atom. The maximum atomic E-state index is 4.82. The fourth-order valence-corrected chi connectivity index (χ4v) is 5.74. The predicted molar refractivity (Wildman–Crippen MR) is 133 cm³/mol. The molecule has 2 heteroatoms. The predicted octanol–water partition coefficient (Wildman–Crippen LogP) is 8.67. The molecule has 0 spiro atoms. The molecule has 154 valence electrons. The van der Waals surface area contributed by atoms with E-state index in [1.54, 1.807) is 0 Å². The zero-order valence-electron chi connectivity index (χ0n) is 19.1. The second-order valence-electron chi connectivity index (χ2n) is 9.74. The van der Waals surface area contributed by atoms with Gasteiger partial charge >= 0.3 is 0 Å². The van der Waals surface area contributed by atoms with Crippen molar-refractivity contribution in [2.24, 2.45) is 0 Å². The number of nitrogens with zero attached hydrogens (tertiary/aromatic N) is 1. The van der Waals surface area contributed by atoms with Gasteiger partial charge < -0.3 is 0 Å². The molecule has 0 aliphatic heterocycles. The highest BCUT2D eigenvalue weighted by atomic mass is 32.1. The zero-order valence-corrected chi connectivity index (χ0v) is 19.9. The molecule has 30 heavy (non-hydrogen) atoms. The lowest BCUT2D eigenvalue weighted by molar-refractivity contribution is 0.590. The van der Waals surface area contributed by atoms with Gasteiger partial charge in [-0.3, -0.25) is 4.98 Å². The number of aromatic nitrogens is 1. The molecule has 4 aromatic rings. The average molecular weight is 414 g/mol. The summed E-state index contributed by atoms with van der Waals surface area (Å²) in [5.41, 5.74) is 9.15. The van der Waals surface area contributed by atoms with Crippen molar-refractivity contribution in [3.05, 3.63) is 77.0 Å². The maximum Gasteiger partial charge on any atom is 0.0880 e. The van der Waals surface area contributed by atoms with Gasteiger partial charge in [-0.2, -0.15) is 0 Å². The molecule has 0 unspecified atom stereocenters. The number of rotatable bonds is 3. The van der Waals surface area contributed by atoms with Crippen LogP contribution in [-0.2, 0) is 5.41 Å². The second kappa shape index (κ2) is 7.67. The minimum atomic E-state index is 0.166. The smallest absolute Gasteiger partial charge is 0.0880 e. The molecular weight excluding hydrogens is 382 g/mol. The van der Waals surface area contributed by atoms with E-state index in [9.17, 15) is 0 Å². The quantitative estimate of drug-likeness (QED) is 0.327. The van der Waals surface area contributed by atoms with Crippen molar-refractivity contribution in [1.82, 2.24) is 4.98 Å². The number of fused-ring (bicyclic) bond motifs is 1. The van der Waals surface area contributed by atoms with Gasteiger partial charge in [0.1, 0.15) is 0 Å². The highest BCUT2D eigenvalue weighted by Gasteiger charge is 2.20. The van der Waals surface area contributed by atoms with Crippen LogP contribution in [0.1, 0.15) is 62.8 Å². The summed E-state index contributed by atoms with van der Waals surface area (Å²) in [5, 5.41) is 1.34. The zero-order chi connectivity index (χ0) is 21.6. The number of thiophene rings is 1. The van der Waals surface area contributed by atoms with Crippen molar-refractivity contribution in [2.75, 3.05) is 0 Å². The Labute approximate surface area is 184 Å². The largest absolute Gasteiger partial charge is 0.255 e. The monoisotopic (exact) mass is 413 g/mol. The molecule has 2 heterocycles. The van der Waals surface area contributed by atoms with Crippen LogP contribution in [0.15, 0.2) is 54.7 Å². The van der Waals surface area contributed by atoms with E-state index in [-0.39, 0.29) is 5.41 Å². The van der Waals surface area contributed by atoms with Crippen LogP contribution < -0.4 is 0 Å². The Morgan fingerprint density at radius 2 is 1.47 bits per heavy atom. The van der Waals surface area contributed by atoms with Crippen LogP contribution in [0, 0.1) is 13.8 Å². The number of benzene rings is 2. The molecule has 2 aromatic heterocycles. The molecule has 4 rings (SSSR count). The van der Waals surface area contributed by atoms with Gasteiger partial charge in [-0.1, -0.05) is 76.1 Å². The van der Waals surface area contributed by atoms with Gasteiger partial charge in [0.2, 0.25) is 0 Å². The third kappa shape index (κ3) is 3.81. The highest BCUT2D eigenvalue weighted by Crippen LogP contribution is 2.45. The molecule has 0 bridgehead atoms. The molecule has 0 N–H and O–H groups in total. The summed E-state index contributed by atoms with van der Waals surface area (Å²) in [5.74, 6) is 0.450. The average Bonchev–Trinajstić information content (AvgIpc) is 3.06. The summed E-state index contributed by atoms with van der Waals surface area (Å²) < 4.78 is 1.29. The van der Waals surface area contributed by atoms with E-state index in [4.69, 9.17) is 4.98 Å². The van der Waals surface area contributed by atoms with Crippen LogP contribution in [0.2, 0.25) is 0 Å². The first-order chi connectivity index (χ1) is 14.1. The van der Waals surface area contributed by atoms with Gasteiger partial charge in [-0.05, 0) is 60.1 Å². The lowest BCUT2D eigenvalue weighted by Crippen LogP contribution is -2.10. The number of aryl methyl sites for hydroxylation is 2. The van der Waals surface area contributed by atoms with Crippen LogP contribution in [0.25, 0.3) is 31.8 Å². The van der Waals surface area contributed by atoms with Crippen molar-refractivity contribution in [1.29, 1.82) is 0 Å². The van der Waals surface area contributed by atoms with E-state index >= 15 is 0 Å².